The highest BCUT2D eigenvalue weighted by atomic mass is 19.1. The predicted octanol–water partition coefficient (Wildman–Crippen LogP) is 3.20. The molecule has 0 aliphatic carbocycles. The Bertz CT molecular complexity index is 776. The van der Waals surface area contributed by atoms with Gasteiger partial charge in [-0.1, -0.05) is 12.1 Å². The number of nitrogens with one attached hydrogen (secondary N) is 1. The number of anilines is 2. The third-order valence-corrected chi connectivity index (χ3v) is 4.40. The van der Waals surface area contributed by atoms with Crippen molar-refractivity contribution in [3.8, 4) is 11.5 Å². The minimum Gasteiger partial charge on any atom is -0.495 e. The summed E-state index contributed by atoms with van der Waals surface area (Å²) in [4.78, 5) is 16.3. The maximum atomic E-state index is 13.7. The molecule has 0 saturated carbocycles. The summed E-state index contributed by atoms with van der Waals surface area (Å²) >= 11 is 0. The van der Waals surface area contributed by atoms with Crippen LogP contribution in [-0.2, 0) is 0 Å². The highest BCUT2D eigenvalue weighted by molar-refractivity contribution is 5.89. The molecule has 1 fully saturated rings. The first kappa shape index (κ1) is 17.8. The van der Waals surface area contributed by atoms with E-state index < -0.39 is 5.82 Å². The molecule has 1 heterocycles. The number of ether oxygens (including phenoxy) is 2. The summed E-state index contributed by atoms with van der Waals surface area (Å²) in [6, 6.07) is 11.9. The second kappa shape index (κ2) is 7.95. The van der Waals surface area contributed by atoms with Crippen LogP contribution in [0.1, 0.15) is 0 Å². The fraction of sp³-hybridized carbons (Fsp3) is 0.316. The Morgan fingerprint density at radius 2 is 1.69 bits per heavy atom. The van der Waals surface area contributed by atoms with Crippen LogP contribution in [0.3, 0.4) is 0 Å². The van der Waals surface area contributed by atoms with Crippen LogP contribution in [-0.4, -0.2) is 51.3 Å². The SMILES string of the molecule is COc1ccc(NC(=O)N2CCN(c3ccccc3OC)CC2)cc1F. The smallest absolute Gasteiger partial charge is 0.321 e. The van der Waals surface area contributed by atoms with Crippen LogP contribution < -0.4 is 19.7 Å². The molecule has 1 saturated heterocycles. The molecule has 0 aromatic heterocycles. The van der Waals surface area contributed by atoms with E-state index in [0.717, 1.165) is 11.4 Å². The highest BCUT2D eigenvalue weighted by Gasteiger charge is 2.23. The zero-order valence-corrected chi connectivity index (χ0v) is 14.9. The molecule has 2 amide bonds. The largest absolute Gasteiger partial charge is 0.495 e. The van der Waals surface area contributed by atoms with Gasteiger partial charge in [-0.15, -0.1) is 0 Å². The normalized spacial score (nSPS) is 14.1. The van der Waals surface area contributed by atoms with Crippen molar-refractivity contribution in [3.05, 3.63) is 48.3 Å². The van der Waals surface area contributed by atoms with Crippen molar-refractivity contribution in [1.29, 1.82) is 0 Å². The lowest BCUT2D eigenvalue weighted by Crippen LogP contribution is -2.50. The molecule has 2 aromatic rings. The van der Waals surface area contributed by atoms with Gasteiger partial charge in [0.15, 0.2) is 11.6 Å². The van der Waals surface area contributed by atoms with Gasteiger partial charge >= 0.3 is 6.03 Å². The van der Waals surface area contributed by atoms with E-state index in [9.17, 15) is 9.18 Å². The maximum absolute atomic E-state index is 13.7. The van der Waals surface area contributed by atoms with Crippen molar-refractivity contribution in [1.82, 2.24) is 4.90 Å². The fourth-order valence-corrected chi connectivity index (χ4v) is 2.99. The second-order valence-corrected chi connectivity index (χ2v) is 5.93. The standard InChI is InChI=1S/C19H22FN3O3/c1-25-17-8-7-14(13-15(17)20)21-19(24)23-11-9-22(10-12-23)16-5-3-4-6-18(16)26-2/h3-8,13H,9-12H2,1-2H3,(H,21,24). The number of methoxy groups -OCH3 is 2. The van der Waals surface area contributed by atoms with E-state index in [1.807, 2.05) is 24.3 Å². The Balaban J connectivity index is 1.59. The topological polar surface area (TPSA) is 54.0 Å². The van der Waals surface area contributed by atoms with Crippen molar-refractivity contribution in [2.75, 3.05) is 50.6 Å². The molecule has 6 nitrogen and oxygen atoms in total. The summed E-state index contributed by atoms with van der Waals surface area (Å²) in [6.07, 6.45) is 0. The van der Waals surface area contributed by atoms with Crippen LogP contribution in [0, 0.1) is 5.82 Å². The van der Waals surface area contributed by atoms with Crippen molar-refractivity contribution >= 4 is 17.4 Å². The Labute approximate surface area is 152 Å². The molecule has 0 bridgehead atoms. The summed E-state index contributed by atoms with van der Waals surface area (Å²) < 4.78 is 24.0. The first-order chi connectivity index (χ1) is 12.6. The summed E-state index contributed by atoms with van der Waals surface area (Å²) in [7, 11) is 3.05. The average Bonchev–Trinajstić information content (AvgIpc) is 2.68. The lowest BCUT2D eigenvalue weighted by atomic mass is 10.2. The molecule has 0 spiro atoms. The Hall–Kier alpha value is -2.96. The van der Waals surface area contributed by atoms with E-state index in [2.05, 4.69) is 10.2 Å². The van der Waals surface area contributed by atoms with Gasteiger partial charge < -0.3 is 24.6 Å². The van der Waals surface area contributed by atoms with Gasteiger partial charge in [-0.2, -0.15) is 0 Å². The number of hydrogen-bond acceptors (Lipinski definition) is 4. The summed E-state index contributed by atoms with van der Waals surface area (Å²) in [5, 5.41) is 2.73. The molecule has 7 heteroatoms. The summed E-state index contributed by atoms with van der Waals surface area (Å²) in [5.74, 6) is 0.457. The number of urea groups is 1. The van der Waals surface area contributed by atoms with E-state index in [1.165, 1.54) is 19.2 Å². The molecule has 0 atom stereocenters. The number of hydrogen-bond donors (Lipinski definition) is 1. The van der Waals surface area contributed by atoms with E-state index >= 15 is 0 Å². The highest BCUT2D eigenvalue weighted by Crippen LogP contribution is 2.28. The lowest BCUT2D eigenvalue weighted by molar-refractivity contribution is 0.208. The molecular weight excluding hydrogens is 337 g/mol. The summed E-state index contributed by atoms with van der Waals surface area (Å²) in [6.45, 7) is 2.54. The molecule has 26 heavy (non-hydrogen) atoms. The van der Waals surface area contributed by atoms with Gasteiger partial charge in [-0.3, -0.25) is 0 Å². The molecule has 1 N–H and O–H groups in total. The number of piperazine rings is 1. The van der Waals surface area contributed by atoms with Crippen LogP contribution in [0.2, 0.25) is 0 Å². The average molecular weight is 359 g/mol. The van der Waals surface area contributed by atoms with E-state index in [0.29, 0.717) is 31.9 Å². The summed E-state index contributed by atoms with van der Waals surface area (Å²) in [5.41, 5.74) is 1.42. The fourth-order valence-electron chi connectivity index (χ4n) is 2.99. The molecule has 1 aliphatic rings. The van der Waals surface area contributed by atoms with Gasteiger partial charge in [-0.25, -0.2) is 9.18 Å². The maximum Gasteiger partial charge on any atom is 0.321 e. The van der Waals surface area contributed by atoms with E-state index in [-0.39, 0.29) is 11.8 Å². The van der Waals surface area contributed by atoms with Gasteiger partial charge in [0, 0.05) is 37.9 Å². The van der Waals surface area contributed by atoms with Gasteiger partial charge in [-0.05, 0) is 24.3 Å². The number of amides is 2. The van der Waals surface area contributed by atoms with Gasteiger partial charge in [0.25, 0.3) is 0 Å². The minimum absolute atomic E-state index is 0.147. The van der Waals surface area contributed by atoms with Crippen molar-refractivity contribution in [3.63, 3.8) is 0 Å². The van der Waals surface area contributed by atoms with Crippen LogP contribution in [0.15, 0.2) is 42.5 Å². The first-order valence-electron chi connectivity index (χ1n) is 8.40. The molecular formula is C19H22FN3O3. The molecule has 0 unspecified atom stereocenters. The van der Waals surface area contributed by atoms with E-state index in [1.54, 1.807) is 18.1 Å². The number of carbonyl (C=O) groups is 1. The van der Waals surface area contributed by atoms with E-state index in [4.69, 9.17) is 9.47 Å². The lowest BCUT2D eigenvalue weighted by Gasteiger charge is -2.36. The molecule has 1 aliphatic heterocycles. The number of nitrogens with zero attached hydrogens (tertiary/aromatic N) is 2. The molecule has 2 aromatic carbocycles. The van der Waals surface area contributed by atoms with Gasteiger partial charge in [0.1, 0.15) is 5.75 Å². The van der Waals surface area contributed by atoms with Crippen molar-refractivity contribution in [2.45, 2.75) is 0 Å². The first-order valence-corrected chi connectivity index (χ1v) is 8.40. The van der Waals surface area contributed by atoms with Crippen LogP contribution in [0.4, 0.5) is 20.6 Å². The zero-order chi connectivity index (χ0) is 18.5. The molecule has 0 radical (unpaired) electrons. The number of carbonyl (C=O) groups excluding carboxylic acids is 1. The van der Waals surface area contributed by atoms with Crippen molar-refractivity contribution < 1.29 is 18.7 Å². The number of para-hydroxylation sites is 2. The van der Waals surface area contributed by atoms with Crippen LogP contribution in [0.25, 0.3) is 0 Å². The Morgan fingerprint density at radius 1 is 1.00 bits per heavy atom. The quantitative estimate of drug-likeness (QED) is 0.911. The van der Waals surface area contributed by atoms with Crippen LogP contribution >= 0.6 is 0 Å². The number of rotatable bonds is 4. The second-order valence-electron chi connectivity index (χ2n) is 5.93. The third kappa shape index (κ3) is 3.82. The molecule has 3 rings (SSSR count). The van der Waals surface area contributed by atoms with Crippen molar-refractivity contribution in [2.24, 2.45) is 0 Å². The van der Waals surface area contributed by atoms with Gasteiger partial charge in [0.05, 0.1) is 19.9 Å². The monoisotopic (exact) mass is 359 g/mol. The Kier molecular flexibility index (Phi) is 5.46. The predicted molar refractivity (Wildman–Crippen MR) is 98.8 cm³/mol. The number of benzene rings is 2. The minimum atomic E-state index is -0.508. The number of halogens is 1. The molecule has 138 valence electrons. The van der Waals surface area contributed by atoms with Crippen LogP contribution in [0.5, 0.6) is 11.5 Å². The van der Waals surface area contributed by atoms with Gasteiger partial charge in [0.2, 0.25) is 0 Å². The Morgan fingerprint density at radius 3 is 2.35 bits per heavy atom. The zero-order valence-electron chi connectivity index (χ0n) is 14.9. The third-order valence-electron chi connectivity index (χ3n) is 4.40.